The van der Waals surface area contributed by atoms with E-state index in [1.165, 1.54) is 0 Å². The van der Waals surface area contributed by atoms with E-state index in [0.29, 0.717) is 30.6 Å². The number of amides is 4. The molecule has 4 amide bonds. The molecule has 2 aliphatic heterocycles. The number of nitrogens with one attached hydrogen (secondary N) is 2. The SMILES string of the molecule is Cc1nn(C)cc1C(=O)N1CCCC2(C1)NC(=O)NC2=O. The zero-order valence-electron chi connectivity index (χ0n) is 12.0. The molecule has 112 valence electrons. The van der Waals surface area contributed by atoms with Gasteiger partial charge in [0.05, 0.1) is 17.8 Å². The van der Waals surface area contributed by atoms with Crippen molar-refractivity contribution in [3.8, 4) is 0 Å². The lowest BCUT2D eigenvalue weighted by atomic mass is 9.89. The van der Waals surface area contributed by atoms with E-state index in [0.717, 1.165) is 0 Å². The quantitative estimate of drug-likeness (QED) is 0.684. The van der Waals surface area contributed by atoms with Crippen molar-refractivity contribution in [3.63, 3.8) is 0 Å². The van der Waals surface area contributed by atoms with E-state index in [2.05, 4.69) is 15.7 Å². The minimum absolute atomic E-state index is 0.159. The largest absolute Gasteiger partial charge is 0.336 e. The molecule has 2 aliphatic rings. The Morgan fingerprint density at radius 2 is 2.19 bits per heavy atom. The second-order valence-corrected chi connectivity index (χ2v) is 5.62. The highest BCUT2D eigenvalue weighted by atomic mass is 16.2. The molecule has 8 heteroatoms. The van der Waals surface area contributed by atoms with Crippen molar-refractivity contribution in [2.45, 2.75) is 25.3 Å². The average molecular weight is 291 g/mol. The van der Waals surface area contributed by atoms with Gasteiger partial charge in [-0.2, -0.15) is 5.10 Å². The molecule has 0 saturated carbocycles. The maximum Gasteiger partial charge on any atom is 0.322 e. The summed E-state index contributed by atoms with van der Waals surface area (Å²) in [7, 11) is 1.76. The number of carbonyl (C=O) groups excluding carboxylic acids is 3. The number of imide groups is 1. The average Bonchev–Trinajstić information content (AvgIpc) is 2.89. The lowest BCUT2D eigenvalue weighted by molar-refractivity contribution is -0.125. The van der Waals surface area contributed by atoms with E-state index in [-0.39, 0.29) is 18.4 Å². The number of hydrogen-bond donors (Lipinski definition) is 2. The van der Waals surface area contributed by atoms with Crippen LogP contribution in [0.2, 0.25) is 0 Å². The van der Waals surface area contributed by atoms with Gasteiger partial charge in [0.1, 0.15) is 5.54 Å². The Hall–Kier alpha value is -2.38. The fourth-order valence-electron chi connectivity index (χ4n) is 3.02. The van der Waals surface area contributed by atoms with Crippen LogP contribution < -0.4 is 10.6 Å². The second kappa shape index (κ2) is 4.57. The molecule has 3 heterocycles. The molecule has 1 spiro atoms. The van der Waals surface area contributed by atoms with Gasteiger partial charge in [-0.05, 0) is 19.8 Å². The molecular formula is C13H17N5O3. The van der Waals surface area contributed by atoms with Crippen LogP contribution >= 0.6 is 0 Å². The van der Waals surface area contributed by atoms with Crippen molar-refractivity contribution in [3.05, 3.63) is 17.5 Å². The molecule has 0 bridgehead atoms. The third-order valence-corrected chi connectivity index (χ3v) is 4.04. The lowest BCUT2D eigenvalue weighted by Gasteiger charge is -2.37. The molecule has 0 radical (unpaired) electrons. The van der Waals surface area contributed by atoms with Gasteiger partial charge in [0, 0.05) is 19.8 Å². The van der Waals surface area contributed by atoms with Gasteiger partial charge >= 0.3 is 6.03 Å². The van der Waals surface area contributed by atoms with Gasteiger partial charge in [0.2, 0.25) is 0 Å². The number of hydrogen-bond acceptors (Lipinski definition) is 4. The maximum atomic E-state index is 12.6. The van der Waals surface area contributed by atoms with E-state index in [1.807, 2.05) is 0 Å². The number of carbonyl (C=O) groups is 3. The van der Waals surface area contributed by atoms with Gasteiger partial charge in [0.25, 0.3) is 11.8 Å². The molecule has 3 rings (SSSR count). The lowest BCUT2D eigenvalue weighted by Crippen LogP contribution is -2.59. The Morgan fingerprint density at radius 3 is 2.76 bits per heavy atom. The van der Waals surface area contributed by atoms with Crippen LogP contribution in [0, 0.1) is 6.92 Å². The Bertz CT molecular complexity index is 638. The fraction of sp³-hybridized carbons (Fsp3) is 0.538. The van der Waals surface area contributed by atoms with E-state index in [1.54, 1.807) is 29.7 Å². The Labute approximate surface area is 121 Å². The Morgan fingerprint density at radius 1 is 1.43 bits per heavy atom. The summed E-state index contributed by atoms with van der Waals surface area (Å²) < 4.78 is 1.59. The van der Waals surface area contributed by atoms with Gasteiger partial charge in [-0.25, -0.2) is 4.79 Å². The standard InChI is InChI=1S/C13H17N5O3/c1-8-9(6-17(2)16-8)10(19)18-5-3-4-13(7-18)11(20)14-12(21)15-13/h6H,3-5,7H2,1-2H3,(H2,14,15,20,21). The van der Waals surface area contributed by atoms with Gasteiger partial charge in [-0.1, -0.05) is 0 Å². The van der Waals surface area contributed by atoms with E-state index in [4.69, 9.17) is 0 Å². The highest BCUT2D eigenvalue weighted by Crippen LogP contribution is 2.25. The zero-order valence-corrected chi connectivity index (χ0v) is 12.0. The van der Waals surface area contributed by atoms with Gasteiger partial charge in [0.15, 0.2) is 0 Å². The first-order chi connectivity index (χ1) is 9.91. The van der Waals surface area contributed by atoms with Crippen LogP contribution in [0.25, 0.3) is 0 Å². The van der Waals surface area contributed by atoms with Gasteiger partial charge < -0.3 is 10.2 Å². The van der Waals surface area contributed by atoms with E-state index in [9.17, 15) is 14.4 Å². The van der Waals surface area contributed by atoms with Crippen LogP contribution in [-0.2, 0) is 11.8 Å². The molecule has 2 fully saturated rings. The van der Waals surface area contributed by atoms with Crippen LogP contribution in [0.15, 0.2) is 6.20 Å². The predicted octanol–water partition coefficient (Wildman–Crippen LogP) is -0.457. The summed E-state index contributed by atoms with van der Waals surface area (Å²) in [5, 5.41) is 9.07. The van der Waals surface area contributed by atoms with Crippen molar-refractivity contribution in [2.24, 2.45) is 7.05 Å². The minimum Gasteiger partial charge on any atom is -0.336 e. The summed E-state index contributed by atoms with van der Waals surface area (Å²) in [6.07, 6.45) is 2.88. The predicted molar refractivity (Wildman–Crippen MR) is 72.5 cm³/mol. The first-order valence-corrected chi connectivity index (χ1v) is 6.84. The number of aromatic nitrogens is 2. The Kier molecular flexibility index (Phi) is 2.96. The van der Waals surface area contributed by atoms with Gasteiger partial charge in [-0.15, -0.1) is 0 Å². The van der Waals surface area contributed by atoms with Crippen LogP contribution in [0.4, 0.5) is 4.79 Å². The molecular weight excluding hydrogens is 274 g/mol. The summed E-state index contributed by atoms with van der Waals surface area (Å²) >= 11 is 0. The summed E-state index contributed by atoms with van der Waals surface area (Å²) in [6.45, 7) is 2.53. The molecule has 8 nitrogen and oxygen atoms in total. The molecule has 1 aromatic rings. The van der Waals surface area contributed by atoms with Crippen molar-refractivity contribution >= 4 is 17.8 Å². The molecule has 21 heavy (non-hydrogen) atoms. The molecule has 1 atom stereocenters. The molecule has 0 aliphatic carbocycles. The van der Waals surface area contributed by atoms with Crippen LogP contribution in [0.5, 0.6) is 0 Å². The normalized spacial score (nSPS) is 25.1. The van der Waals surface area contributed by atoms with Crippen molar-refractivity contribution in [1.82, 2.24) is 25.3 Å². The molecule has 1 aromatic heterocycles. The molecule has 0 aromatic carbocycles. The minimum atomic E-state index is -0.985. The van der Waals surface area contributed by atoms with Crippen LogP contribution in [0.1, 0.15) is 28.9 Å². The Balaban J connectivity index is 1.83. The number of piperidine rings is 1. The van der Waals surface area contributed by atoms with E-state index < -0.39 is 11.6 Å². The first-order valence-electron chi connectivity index (χ1n) is 6.84. The highest BCUT2D eigenvalue weighted by Gasteiger charge is 2.49. The highest BCUT2D eigenvalue weighted by molar-refractivity contribution is 6.07. The number of likely N-dealkylation sites (tertiary alicyclic amines) is 1. The van der Waals surface area contributed by atoms with E-state index >= 15 is 0 Å². The van der Waals surface area contributed by atoms with Crippen molar-refractivity contribution in [2.75, 3.05) is 13.1 Å². The third kappa shape index (κ3) is 2.16. The third-order valence-electron chi connectivity index (χ3n) is 4.04. The number of aryl methyl sites for hydroxylation is 2. The van der Waals surface area contributed by atoms with Gasteiger partial charge in [-0.3, -0.25) is 19.6 Å². The summed E-state index contributed by atoms with van der Waals surface area (Å²) in [6, 6.07) is -0.494. The summed E-state index contributed by atoms with van der Waals surface area (Å²) in [4.78, 5) is 37.6. The topological polar surface area (TPSA) is 96.3 Å². The molecule has 1 unspecified atom stereocenters. The van der Waals surface area contributed by atoms with Crippen molar-refractivity contribution in [1.29, 1.82) is 0 Å². The number of rotatable bonds is 1. The number of urea groups is 1. The second-order valence-electron chi connectivity index (χ2n) is 5.62. The van der Waals surface area contributed by atoms with Crippen LogP contribution in [-0.4, -0.2) is 51.2 Å². The molecule has 2 N–H and O–H groups in total. The monoisotopic (exact) mass is 291 g/mol. The summed E-state index contributed by atoms with van der Waals surface area (Å²) in [5.41, 5.74) is 0.197. The summed E-state index contributed by atoms with van der Waals surface area (Å²) in [5.74, 6) is -0.512. The van der Waals surface area contributed by atoms with Crippen LogP contribution in [0.3, 0.4) is 0 Å². The fourth-order valence-corrected chi connectivity index (χ4v) is 3.02. The first kappa shape index (κ1) is 13.6. The smallest absolute Gasteiger partial charge is 0.322 e. The molecule has 2 saturated heterocycles. The van der Waals surface area contributed by atoms with Crippen molar-refractivity contribution < 1.29 is 14.4 Å². The maximum absolute atomic E-state index is 12.6. The zero-order chi connectivity index (χ0) is 15.2. The number of nitrogens with zero attached hydrogens (tertiary/aromatic N) is 3.